The lowest BCUT2D eigenvalue weighted by molar-refractivity contribution is -0.119. The Labute approximate surface area is 198 Å². The highest BCUT2D eigenvalue weighted by atomic mass is 35.5. The second-order valence-electron chi connectivity index (χ2n) is 7.88. The van der Waals surface area contributed by atoms with Gasteiger partial charge in [0.1, 0.15) is 6.54 Å². The minimum atomic E-state index is -0.393. The molecule has 3 amide bonds. The number of methoxy groups -OCH3 is 1. The highest BCUT2D eigenvalue weighted by molar-refractivity contribution is 6.32. The number of halogens is 1. The standard InChI is InChI=1S/C24H28ClN3O5/c1-5-10-33-23-17(25)12-16(13-20(23)32-4)24(31)27(3)14-22(30)28-15(2)11-21(29)26-18-8-6-7-9-19(18)28/h6-9,12-13,15H,5,10-11,14H2,1-4H3,(H,26,29)/t15-/m1/s1. The molecule has 0 aromatic heterocycles. The molecule has 3 rings (SSSR count). The molecule has 1 N–H and O–H groups in total. The van der Waals surface area contributed by atoms with E-state index in [1.807, 2.05) is 6.92 Å². The number of ether oxygens (including phenoxy) is 2. The quantitative estimate of drug-likeness (QED) is 0.657. The van der Waals surface area contributed by atoms with Crippen LogP contribution in [0.1, 0.15) is 37.0 Å². The van der Waals surface area contributed by atoms with Crippen LogP contribution in [-0.2, 0) is 9.59 Å². The van der Waals surface area contributed by atoms with E-state index in [-0.39, 0.29) is 41.4 Å². The van der Waals surface area contributed by atoms with Crippen molar-refractivity contribution < 1.29 is 23.9 Å². The molecule has 0 radical (unpaired) electrons. The summed E-state index contributed by atoms with van der Waals surface area (Å²) in [7, 11) is 3.01. The van der Waals surface area contributed by atoms with Gasteiger partial charge in [-0.2, -0.15) is 0 Å². The van der Waals surface area contributed by atoms with Crippen molar-refractivity contribution in [1.29, 1.82) is 0 Å². The molecule has 8 nitrogen and oxygen atoms in total. The number of likely N-dealkylation sites (N-methyl/N-ethyl adjacent to an activating group) is 1. The summed E-state index contributed by atoms with van der Waals surface area (Å²) >= 11 is 6.34. The van der Waals surface area contributed by atoms with Gasteiger partial charge in [-0.25, -0.2) is 0 Å². The first-order chi connectivity index (χ1) is 15.8. The first kappa shape index (κ1) is 24.4. The monoisotopic (exact) mass is 473 g/mol. The van der Waals surface area contributed by atoms with Gasteiger partial charge in [-0.1, -0.05) is 30.7 Å². The van der Waals surface area contributed by atoms with Gasteiger partial charge in [0, 0.05) is 25.1 Å². The minimum Gasteiger partial charge on any atom is -0.493 e. The SMILES string of the molecule is CCCOc1c(Cl)cc(C(=O)N(C)CC(=O)N2c3ccccc3NC(=O)C[C@H]2C)cc1OC. The van der Waals surface area contributed by atoms with E-state index in [2.05, 4.69) is 5.32 Å². The summed E-state index contributed by atoms with van der Waals surface area (Å²) in [5, 5.41) is 3.08. The topological polar surface area (TPSA) is 88.2 Å². The number of rotatable bonds is 7. The Balaban J connectivity index is 1.82. The molecule has 0 unspecified atom stereocenters. The maximum atomic E-state index is 13.3. The minimum absolute atomic E-state index is 0.157. The lowest BCUT2D eigenvalue weighted by Crippen LogP contribution is -2.45. The van der Waals surface area contributed by atoms with E-state index in [1.54, 1.807) is 49.2 Å². The molecule has 176 valence electrons. The Morgan fingerprint density at radius 1 is 1.27 bits per heavy atom. The van der Waals surface area contributed by atoms with Crippen molar-refractivity contribution in [3.05, 3.63) is 47.0 Å². The average Bonchev–Trinajstić information content (AvgIpc) is 2.91. The first-order valence-corrected chi connectivity index (χ1v) is 11.1. The van der Waals surface area contributed by atoms with Crippen LogP contribution < -0.4 is 19.7 Å². The van der Waals surface area contributed by atoms with Gasteiger partial charge >= 0.3 is 0 Å². The number of nitrogens with one attached hydrogen (secondary N) is 1. The first-order valence-electron chi connectivity index (χ1n) is 10.7. The molecule has 0 saturated heterocycles. The summed E-state index contributed by atoms with van der Waals surface area (Å²) in [5.74, 6) is -0.136. The Bertz CT molecular complexity index is 1060. The zero-order chi connectivity index (χ0) is 24.1. The van der Waals surface area contributed by atoms with Gasteiger partial charge in [0.15, 0.2) is 11.5 Å². The van der Waals surface area contributed by atoms with E-state index in [4.69, 9.17) is 21.1 Å². The van der Waals surface area contributed by atoms with Crippen LogP contribution in [0.3, 0.4) is 0 Å². The molecule has 0 fully saturated rings. The third-order valence-electron chi connectivity index (χ3n) is 5.27. The van der Waals surface area contributed by atoms with E-state index in [1.165, 1.54) is 18.1 Å². The molecule has 0 aliphatic carbocycles. The second-order valence-corrected chi connectivity index (χ2v) is 8.29. The van der Waals surface area contributed by atoms with Gasteiger partial charge in [-0.05, 0) is 37.6 Å². The molecule has 2 aromatic carbocycles. The summed E-state index contributed by atoms with van der Waals surface area (Å²) in [4.78, 5) is 41.4. The number of hydrogen-bond acceptors (Lipinski definition) is 5. The number of amides is 3. The molecule has 1 aliphatic heterocycles. The van der Waals surface area contributed by atoms with E-state index in [0.29, 0.717) is 29.5 Å². The van der Waals surface area contributed by atoms with Crippen LogP contribution in [0.15, 0.2) is 36.4 Å². The van der Waals surface area contributed by atoms with Gasteiger partial charge in [0.05, 0.1) is 30.1 Å². The van der Waals surface area contributed by atoms with E-state index >= 15 is 0 Å². The summed E-state index contributed by atoms with van der Waals surface area (Å²) in [6.45, 7) is 4.06. The van der Waals surface area contributed by atoms with Crippen LogP contribution >= 0.6 is 11.6 Å². The highest BCUT2D eigenvalue weighted by Gasteiger charge is 2.31. The largest absolute Gasteiger partial charge is 0.493 e. The predicted octanol–water partition coefficient (Wildman–Crippen LogP) is 3.97. The molecule has 9 heteroatoms. The number of hydrogen-bond donors (Lipinski definition) is 1. The molecule has 2 aromatic rings. The smallest absolute Gasteiger partial charge is 0.254 e. The fraction of sp³-hybridized carbons (Fsp3) is 0.375. The number of nitrogens with zero attached hydrogens (tertiary/aromatic N) is 2. The van der Waals surface area contributed by atoms with Crippen LogP contribution in [0.2, 0.25) is 5.02 Å². The van der Waals surface area contributed by atoms with Gasteiger partial charge in [0.25, 0.3) is 5.91 Å². The van der Waals surface area contributed by atoms with Crippen LogP contribution in [0.5, 0.6) is 11.5 Å². The van der Waals surface area contributed by atoms with Crippen LogP contribution in [-0.4, -0.2) is 56.0 Å². The fourth-order valence-corrected chi connectivity index (χ4v) is 3.99. The number of anilines is 2. The zero-order valence-corrected chi connectivity index (χ0v) is 19.9. The number of carbonyl (C=O) groups excluding carboxylic acids is 3. The number of benzene rings is 2. The Kier molecular flexibility index (Phi) is 7.81. The molecular formula is C24H28ClN3O5. The highest BCUT2D eigenvalue weighted by Crippen LogP contribution is 2.37. The van der Waals surface area contributed by atoms with Crippen LogP contribution in [0.4, 0.5) is 11.4 Å². The molecule has 1 aliphatic rings. The summed E-state index contributed by atoms with van der Waals surface area (Å²) < 4.78 is 11.0. The van der Waals surface area contributed by atoms with Crippen molar-refractivity contribution in [2.45, 2.75) is 32.7 Å². The normalized spacial score (nSPS) is 15.2. The predicted molar refractivity (Wildman–Crippen MR) is 127 cm³/mol. The Morgan fingerprint density at radius 3 is 2.70 bits per heavy atom. The van der Waals surface area contributed by atoms with Crippen LogP contribution in [0.25, 0.3) is 0 Å². The van der Waals surface area contributed by atoms with Crippen molar-refractivity contribution in [2.24, 2.45) is 0 Å². The summed E-state index contributed by atoms with van der Waals surface area (Å²) in [6.07, 6.45) is 0.953. The lowest BCUT2D eigenvalue weighted by atomic mass is 10.1. The van der Waals surface area contributed by atoms with Gasteiger partial charge in [0.2, 0.25) is 11.8 Å². The van der Waals surface area contributed by atoms with Crippen molar-refractivity contribution in [3.8, 4) is 11.5 Å². The molecule has 0 saturated carbocycles. The van der Waals surface area contributed by atoms with Crippen molar-refractivity contribution in [3.63, 3.8) is 0 Å². The van der Waals surface area contributed by atoms with Gasteiger partial charge in [-0.3, -0.25) is 14.4 Å². The maximum Gasteiger partial charge on any atom is 0.254 e. The average molecular weight is 474 g/mol. The fourth-order valence-electron chi connectivity index (χ4n) is 3.73. The van der Waals surface area contributed by atoms with Gasteiger partial charge < -0.3 is 24.6 Å². The molecule has 1 atom stereocenters. The molecule has 1 heterocycles. The summed E-state index contributed by atoms with van der Waals surface area (Å²) in [5.41, 5.74) is 1.44. The van der Waals surface area contributed by atoms with Crippen molar-refractivity contribution in [2.75, 3.05) is 37.5 Å². The second kappa shape index (κ2) is 10.6. The molecule has 0 bridgehead atoms. The van der Waals surface area contributed by atoms with Crippen molar-refractivity contribution >= 4 is 40.7 Å². The lowest BCUT2D eigenvalue weighted by Gasteiger charge is -2.29. The van der Waals surface area contributed by atoms with E-state index < -0.39 is 5.91 Å². The van der Waals surface area contributed by atoms with Gasteiger partial charge in [-0.15, -0.1) is 0 Å². The van der Waals surface area contributed by atoms with E-state index in [0.717, 1.165) is 6.42 Å². The number of carbonyl (C=O) groups is 3. The zero-order valence-electron chi connectivity index (χ0n) is 19.2. The van der Waals surface area contributed by atoms with E-state index in [9.17, 15) is 14.4 Å². The summed E-state index contributed by atoms with van der Waals surface area (Å²) in [6, 6.07) is 9.80. The molecule has 33 heavy (non-hydrogen) atoms. The van der Waals surface area contributed by atoms with Crippen molar-refractivity contribution in [1.82, 2.24) is 4.90 Å². The maximum absolute atomic E-state index is 13.3. The Morgan fingerprint density at radius 2 is 2.00 bits per heavy atom. The third kappa shape index (κ3) is 5.39. The number of para-hydroxylation sites is 2. The Hall–Kier alpha value is -3.26. The molecule has 0 spiro atoms. The van der Waals surface area contributed by atoms with Crippen LogP contribution in [0, 0.1) is 0 Å². The molecular weight excluding hydrogens is 446 g/mol. The third-order valence-corrected chi connectivity index (χ3v) is 5.55. The number of fused-ring (bicyclic) bond motifs is 1.